The van der Waals surface area contributed by atoms with Crippen LogP contribution in [0.25, 0.3) is 0 Å². The molecule has 1 aliphatic rings. The molecule has 0 amide bonds. The predicted octanol–water partition coefficient (Wildman–Crippen LogP) is -0.717. The van der Waals surface area contributed by atoms with Crippen molar-refractivity contribution in [2.45, 2.75) is 0 Å². The fraction of sp³-hybridized carbons (Fsp3) is 0. The SMILES string of the molecule is [MgH2].[O]1[S][Pb]1. The zero-order valence-corrected chi connectivity index (χ0v) is 6.02. The summed E-state index contributed by atoms with van der Waals surface area (Å²) in [6.45, 7) is 0. The van der Waals surface area contributed by atoms with E-state index in [-0.39, 0.29) is 46.2 Å². The van der Waals surface area contributed by atoms with Crippen LogP contribution in [0.15, 0.2) is 0 Å². The van der Waals surface area contributed by atoms with Gasteiger partial charge in [-0.3, -0.25) is 0 Å². The third kappa shape index (κ3) is 4.00. The van der Waals surface area contributed by atoms with Crippen molar-refractivity contribution in [3.8, 4) is 0 Å². The van der Waals surface area contributed by atoms with E-state index in [1.54, 1.807) is 8.59 Å². The summed E-state index contributed by atoms with van der Waals surface area (Å²) in [5.41, 5.74) is 0. The molecule has 1 heterocycles. The molecule has 0 N–H and O–H groups in total. The molecule has 4 heteroatoms. The van der Waals surface area contributed by atoms with Gasteiger partial charge in [-0.15, -0.1) is 0 Å². The van der Waals surface area contributed by atoms with E-state index in [2.05, 4.69) is 2.13 Å². The monoisotopic (exact) mass is 282 g/mol. The molecule has 20 valence electrons. The summed E-state index contributed by atoms with van der Waals surface area (Å²) in [6, 6.07) is 0. The molecule has 1 fully saturated rings. The standard InChI is InChI=1S/Mg.OS.Pb.2H/c;1-2;;;/q;-2;+2;;. The van der Waals surface area contributed by atoms with Gasteiger partial charge in [-0.25, -0.2) is 0 Å². The van der Waals surface area contributed by atoms with Crippen molar-refractivity contribution in [2.24, 2.45) is 0 Å². The van der Waals surface area contributed by atoms with Gasteiger partial charge in [0.25, 0.3) is 0 Å². The summed E-state index contributed by atoms with van der Waals surface area (Å²) in [4.78, 5) is 0. The second-order valence-corrected chi connectivity index (χ2v) is 6.58. The molecule has 1 aliphatic heterocycles. The van der Waals surface area contributed by atoms with E-state index in [1.165, 1.54) is 0 Å². The first-order chi connectivity index (χ1) is 1.50. The number of rotatable bonds is 0. The van der Waals surface area contributed by atoms with Crippen molar-refractivity contribution >= 4 is 54.8 Å². The molecule has 0 bridgehead atoms. The molecule has 1 rings (SSSR count). The molecule has 4 heavy (non-hydrogen) atoms. The maximum absolute atomic E-state index is 4.61. The Kier molecular flexibility index (Phi) is 4.80. The third-order valence-corrected chi connectivity index (χ3v) is 2.19. The van der Waals surface area contributed by atoms with Gasteiger partial charge in [0.2, 0.25) is 0 Å². The van der Waals surface area contributed by atoms with E-state index < -0.39 is 0 Å². The summed E-state index contributed by atoms with van der Waals surface area (Å²) < 4.78 is 4.61. The Bertz CT molecular complexity index is 12.8. The Morgan fingerprint density at radius 1 is 1.75 bits per heavy atom. The van der Waals surface area contributed by atoms with Crippen LogP contribution in [0.3, 0.4) is 0 Å². The molecule has 0 saturated carbocycles. The molecule has 0 spiro atoms. The topological polar surface area (TPSA) is 12.5 Å². The van der Waals surface area contributed by atoms with E-state index in [1.807, 2.05) is 0 Å². The molecule has 0 unspecified atom stereocenters. The third-order valence-electron chi connectivity index (χ3n) is 0.0833. The van der Waals surface area contributed by atoms with Crippen LogP contribution in [0.5, 0.6) is 0 Å². The summed E-state index contributed by atoms with van der Waals surface area (Å²) in [5.74, 6) is 0. The first-order valence-electron chi connectivity index (χ1n) is 0.575. The quantitative estimate of drug-likeness (QED) is 0.330. The van der Waals surface area contributed by atoms with Crippen LogP contribution in [-0.2, 0) is 2.13 Å². The Hall–Kier alpha value is 2.00. The molecule has 2 radical (unpaired) electrons. The second kappa shape index (κ2) is 3.20. The first kappa shape index (κ1) is 6.00. The maximum atomic E-state index is 4.61. The van der Waals surface area contributed by atoms with Crippen LogP contribution in [0.2, 0.25) is 0 Å². The summed E-state index contributed by atoms with van der Waals surface area (Å²) in [7, 11) is 1.69. The van der Waals surface area contributed by atoms with E-state index in [0.29, 0.717) is 0 Å². The van der Waals surface area contributed by atoms with Gasteiger partial charge in [0.05, 0.1) is 0 Å². The Morgan fingerprint density at radius 3 is 2.00 bits per heavy atom. The van der Waals surface area contributed by atoms with Gasteiger partial charge in [0.1, 0.15) is 0 Å². The molecule has 0 aromatic heterocycles. The van der Waals surface area contributed by atoms with Crippen molar-refractivity contribution in [3.05, 3.63) is 0 Å². The van der Waals surface area contributed by atoms with Crippen LogP contribution in [0.4, 0.5) is 0 Å². The first-order valence-corrected chi connectivity index (χ1v) is 7.66. The molecule has 0 atom stereocenters. The summed E-state index contributed by atoms with van der Waals surface area (Å²) >= 11 is -0.250. The zero-order chi connectivity index (χ0) is 2.12. The van der Waals surface area contributed by atoms with Gasteiger partial charge >= 0.3 is 57.0 Å². The van der Waals surface area contributed by atoms with Gasteiger partial charge in [-0.1, -0.05) is 0 Å². The van der Waals surface area contributed by atoms with Gasteiger partial charge < -0.3 is 0 Å². The molecule has 0 aliphatic carbocycles. The molecule has 1 nitrogen and oxygen atoms in total. The Balaban J connectivity index is 0.0000000900. The fourth-order valence-electron chi connectivity index (χ4n) is 0. The van der Waals surface area contributed by atoms with Crippen LogP contribution >= 0.6 is 8.59 Å². The average molecular weight is 282 g/mol. The number of hydrogen-bond acceptors (Lipinski definition) is 2. The van der Waals surface area contributed by atoms with Gasteiger partial charge in [-0.2, -0.15) is 0 Å². The van der Waals surface area contributed by atoms with Gasteiger partial charge in [0, 0.05) is 0 Å². The molecule has 0 aromatic carbocycles. The van der Waals surface area contributed by atoms with Crippen molar-refractivity contribution < 1.29 is 2.13 Å². The van der Waals surface area contributed by atoms with Gasteiger partial charge in [0.15, 0.2) is 0 Å². The second-order valence-electron chi connectivity index (χ2n) is 0.250. The van der Waals surface area contributed by atoms with Crippen LogP contribution in [0, 0.1) is 0 Å². The van der Waals surface area contributed by atoms with Crippen molar-refractivity contribution in [1.29, 1.82) is 0 Å². The number of hydrogen-bond donors (Lipinski definition) is 0. The van der Waals surface area contributed by atoms with Crippen molar-refractivity contribution in [3.63, 3.8) is 0 Å². The molecular weight excluding hydrogens is 280 g/mol. The van der Waals surface area contributed by atoms with Gasteiger partial charge in [-0.05, 0) is 0 Å². The summed E-state index contributed by atoms with van der Waals surface area (Å²) in [6.07, 6.45) is 0. The van der Waals surface area contributed by atoms with Crippen molar-refractivity contribution in [2.75, 3.05) is 0 Å². The zero-order valence-electron chi connectivity index (χ0n) is 1.32. The molecular formula is H2MgOPbS. The fourth-order valence-corrected chi connectivity index (χ4v) is 0. The van der Waals surface area contributed by atoms with E-state index >= 15 is 0 Å². The Morgan fingerprint density at radius 2 is 2.00 bits per heavy atom. The van der Waals surface area contributed by atoms with E-state index in [0.717, 1.165) is 0 Å². The Labute approximate surface area is 56.2 Å². The summed E-state index contributed by atoms with van der Waals surface area (Å²) in [5, 5.41) is 0. The van der Waals surface area contributed by atoms with Crippen LogP contribution in [0.1, 0.15) is 0 Å². The average Bonchev–Trinajstić information content (AvgIpc) is 1.46. The minimum atomic E-state index is -0.250. The van der Waals surface area contributed by atoms with Crippen molar-refractivity contribution in [1.82, 2.24) is 0 Å². The molecule has 0 aromatic rings. The van der Waals surface area contributed by atoms with E-state index in [4.69, 9.17) is 0 Å². The van der Waals surface area contributed by atoms with Crippen LogP contribution in [-0.4, -0.2) is 46.2 Å². The normalized spacial score (nSPS) is 18.0. The predicted molar refractivity (Wildman–Crippen MR) is 23.0 cm³/mol. The van der Waals surface area contributed by atoms with E-state index in [9.17, 15) is 0 Å². The minimum absolute atomic E-state index is 0. The van der Waals surface area contributed by atoms with Crippen LogP contribution < -0.4 is 0 Å². The molecule has 1 saturated heterocycles.